The van der Waals surface area contributed by atoms with Gasteiger partial charge in [-0.15, -0.1) is 0 Å². The lowest BCUT2D eigenvalue weighted by molar-refractivity contribution is -0.168. The summed E-state index contributed by atoms with van der Waals surface area (Å²) in [6.07, 6.45) is 3.57. The standard InChI is InChI=1S/C27H38N2O8/c1-4-36-27-21(9-12-34-15-16-35-14-11-30)22(17-25(37-27)26(32)28-10-13-33-3)23-18-29(19(2)31)24-8-6-5-7-20(23)24/h5-8,17-18,21-22,27,30H,4,9-16H2,1-3H3,(H,28,32)/t21-,22+,27-/m1/s1. The van der Waals surface area contributed by atoms with Gasteiger partial charge in [0.05, 0.1) is 38.6 Å². The van der Waals surface area contributed by atoms with Gasteiger partial charge >= 0.3 is 0 Å². The number of ether oxygens (including phenoxy) is 5. The van der Waals surface area contributed by atoms with Crippen LogP contribution in [-0.4, -0.2) is 87.7 Å². The lowest BCUT2D eigenvalue weighted by Gasteiger charge is -2.36. The van der Waals surface area contributed by atoms with Crippen LogP contribution in [0.25, 0.3) is 10.9 Å². The molecule has 1 aliphatic rings. The van der Waals surface area contributed by atoms with Crippen molar-refractivity contribution in [3.05, 3.63) is 47.9 Å². The van der Waals surface area contributed by atoms with Crippen LogP contribution in [0.2, 0.25) is 0 Å². The molecule has 10 nitrogen and oxygen atoms in total. The van der Waals surface area contributed by atoms with Gasteiger partial charge in [-0.05, 0) is 31.1 Å². The molecule has 0 aliphatic carbocycles. The Hall–Kier alpha value is -2.76. The summed E-state index contributed by atoms with van der Waals surface area (Å²) in [4.78, 5) is 25.4. The maximum Gasteiger partial charge on any atom is 0.286 e. The van der Waals surface area contributed by atoms with Gasteiger partial charge in [0.25, 0.3) is 5.91 Å². The molecular formula is C27H38N2O8. The Morgan fingerprint density at radius 3 is 2.57 bits per heavy atom. The Morgan fingerprint density at radius 1 is 1.11 bits per heavy atom. The Morgan fingerprint density at radius 2 is 1.86 bits per heavy atom. The monoisotopic (exact) mass is 518 g/mol. The topological polar surface area (TPSA) is 117 Å². The number of aliphatic hydroxyl groups is 1. The molecule has 1 aromatic heterocycles. The van der Waals surface area contributed by atoms with Gasteiger partial charge in [0.1, 0.15) is 0 Å². The minimum Gasteiger partial charge on any atom is -0.459 e. The molecule has 0 unspecified atom stereocenters. The number of methoxy groups -OCH3 is 1. The summed E-state index contributed by atoms with van der Waals surface area (Å²) < 4.78 is 29.7. The number of rotatable bonds is 15. The highest BCUT2D eigenvalue weighted by atomic mass is 16.7. The van der Waals surface area contributed by atoms with E-state index < -0.39 is 6.29 Å². The fourth-order valence-electron chi connectivity index (χ4n) is 4.49. The quantitative estimate of drug-likeness (QED) is 0.345. The molecule has 37 heavy (non-hydrogen) atoms. The number of nitrogens with one attached hydrogen (secondary N) is 1. The van der Waals surface area contributed by atoms with Crippen LogP contribution < -0.4 is 5.32 Å². The van der Waals surface area contributed by atoms with E-state index in [1.165, 1.54) is 6.92 Å². The molecule has 10 heteroatoms. The Labute approximate surface area is 217 Å². The molecule has 3 rings (SSSR count). The Kier molecular flexibility index (Phi) is 11.6. The van der Waals surface area contributed by atoms with Gasteiger partial charge in [0, 0.05) is 57.2 Å². The molecule has 0 saturated heterocycles. The number of benzene rings is 1. The summed E-state index contributed by atoms with van der Waals surface area (Å²) in [5.74, 6) is -0.722. The zero-order valence-electron chi connectivity index (χ0n) is 21.8. The number of nitrogens with zero attached hydrogens (tertiary/aromatic N) is 1. The van der Waals surface area contributed by atoms with Crippen LogP contribution in [-0.2, 0) is 28.5 Å². The second kappa shape index (κ2) is 14.8. The number of aliphatic hydroxyl groups excluding tert-OH is 1. The summed E-state index contributed by atoms with van der Waals surface area (Å²) in [6, 6.07) is 7.72. The molecule has 3 atom stereocenters. The summed E-state index contributed by atoms with van der Waals surface area (Å²) in [5.41, 5.74) is 1.72. The molecule has 1 aliphatic heterocycles. The third-order valence-electron chi connectivity index (χ3n) is 6.18. The van der Waals surface area contributed by atoms with Crippen molar-refractivity contribution in [3.63, 3.8) is 0 Å². The average Bonchev–Trinajstić information content (AvgIpc) is 3.29. The zero-order chi connectivity index (χ0) is 26.6. The van der Waals surface area contributed by atoms with Gasteiger partial charge in [0.2, 0.25) is 12.2 Å². The van der Waals surface area contributed by atoms with Crippen molar-refractivity contribution in [1.82, 2.24) is 9.88 Å². The van der Waals surface area contributed by atoms with Crippen LogP contribution >= 0.6 is 0 Å². The average molecular weight is 519 g/mol. The largest absolute Gasteiger partial charge is 0.459 e. The first-order valence-electron chi connectivity index (χ1n) is 12.7. The van der Waals surface area contributed by atoms with E-state index in [1.807, 2.05) is 43.5 Å². The molecule has 0 saturated carbocycles. The van der Waals surface area contributed by atoms with E-state index in [2.05, 4.69) is 5.32 Å². The number of carbonyl (C=O) groups excluding carboxylic acids is 2. The smallest absolute Gasteiger partial charge is 0.286 e. The van der Waals surface area contributed by atoms with Crippen molar-refractivity contribution in [2.75, 3.05) is 59.9 Å². The number of para-hydroxylation sites is 1. The molecule has 0 spiro atoms. The normalized spacial score (nSPS) is 19.5. The van der Waals surface area contributed by atoms with E-state index in [1.54, 1.807) is 11.7 Å². The number of allylic oxidation sites excluding steroid dienone is 1. The summed E-state index contributed by atoms with van der Waals surface area (Å²) >= 11 is 0. The van der Waals surface area contributed by atoms with Crippen molar-refractivity contribution in [3.8, 4) is 0 Å². The molecule has 1 amide bonds. The predicted octanol–water partition coefficient (Wildman–Crippen LogP) is 2.46. The molecule has 204 valence electrons. The molecule has 0 radical (unpaired) electrons. The van der Waals surface area contributed by atoms with E-state index in [4.69, 9.17) is 28.8 Å². The van der Waals surface area contributed by atoms with Crippen molar-refractivity contribution >= 4 is 22.7 Å². The maximum absolute atomic E-state index is 12.9. The molecule has 2 N–H and O–H groups in total. The second-order valence-electron chi connectivity index (χ2n) is 8.64. The maximum atomic E-state index is 12.9. The Bertz CT molecular complexity index is 1050. The SMILES string of the molecule is CCO[C@@H]1OC(C(=O)NCCOC)=C[C@H](c2cn(C(C)=O)c3ccccc23)[C@H]1CCOCCOCCO. The molecule has 2 heterocycles. The van der Waals surface area contributed by atoms with Gasteiger partial charge in [0.15, 0.2) is 5.76 Å². The predicted molar refractivity (Wildman–Crippen MR) is 137 cm³/mol. The fraction of sp³-hybridized carbons (Fsp3) is 0.556. The molecule has 1 aromatic carbocycles. The van der Waals surface area contributed by atoms with Gasteiger partial charge in [-0.1, -0.05) is 18.2 Å². The van der Waals surface area contributed by atoms with E-state index in [-0.39, 0.29) is 42.6 Å². The zero-order valence-corrected chi connectivity index (χ0v) is 21.8. The minimum absolute atomic E-state index is 0.0291. The Balaban J connectivity index is 1.93. The van der Waals surface area contributed by atoms with Gasteiger partial charge in [-0.2, -0.15) is 0 Å². The van der Waals surface area contributed by atoms with E-state index in [0.717, 1.165) is 16.5 Å². The van der Waals surface area contributed by atoms with Gasteiger partial charge in [-0.3, -0.25) is 14.2 Å². The van der Waals surface area contributed by atoms with Crippen LogP contribution in [0.3, 0.4) is 0 Å². The lowest BCUT2D eigenvalue weighted by atomic mass is 9.81. The van der Waals surface area contributed by atoms with Gasteiger partial charge < -0.3 is 34.1 Å². The van der Waals surface area contributed by atoms with Crippen molar-refractivity contribution < 1.29 is 38.4 Å². The first kappa shape index (κ1) is 28.8. The van der Waals surface area contributed by atoms with Crippen molar-refractivity contribution in [2.24, 2.45) is 5.92 Å². The highest BCUT2D eigenvalue weighted by Gasteiger charge is 2.39. The summed E-state index contributed by atoms with van der Waals surface area (Å²) in [6.45, 7) is 5.98. The second-order valence-corrected chi connectivity index (χ2v) is 8.64. The molecular weight excluding hydrogens is 480 g/mol. The first-order valence-corrected chi connectivity index (χ1v) is 12.7. The van der Waals surface area contributed by atoms with Crippen LogP contribution in [0.4, 0.5) is 0 Å². The van der Waals surface area contributed by atoms with E-state index in [9.17, 15) is 9.59 Å². The number of carbonyl (C=O) groups is 2. The lowest BCUT2D eigenvalue weighted by Crippen LogP contribution is -2.40. The highest BCUT2D eigenvalue weighted by molar-refractivity contribution is 5.95. The minimum atomic E-state index is -0.683. The van der Waals surface area contributed by atoms with Crippen molar-refractivity contribution in [1.29, 1.82) is 0 Å². The molecule has 0 fully saturated rings. The first-order chi connectivity index (χ1) is 18.0. The van der Waals surface area contributed by atoms with Gasteiger partial charge in [-0.25, -0.2) is 0 Å². The molecule has 2 aromatic rings. The van der Waals surface area contributed by atoms with E-state index >= 15 is 0 Å². The van der Waals surface area contributed by atoms with Crippen LogP contribution in [0, 0.1) is 5.92 Å². The number of hydrogen-bond donors (Lipinski definition) is 2. The third kappa shape index (κ3) is 7.62. The molecule has 0 bridgehead atoms. The van der Waals surface area contributed by atoms with Crippen LogP contribution in [0.15, 0.2) is 42.3 Å². The fourth-order valence-corrected chi connectivity index (χ4v) is 4.49. The summed E-state index contributed by atoms with van der Waals surface area (Å²) in [5, 5.41) is 12.6. The van der Waals surface area contributed by atoms with Crippen LogP contribution in [0.5, 0.6) is 0 Å². The number of hydrogen-bond acceptors (Lipinski definition) is 8. The van der Waals surface area contributed by atoms with Crippen LogP contribution in [0.1, 0.15) is 36.5 Å². The number of amides is 1. The van der Waals surface area contributed by atoms with E-state index in [0.29, 0.717) is 46.0 Å². The highest BCUT2D eigenvalue weighted by Crippen LogP contribution is 2.42. The number of fused-ring (bicyclic) bond motifs is 1. The third-order valence-corrected chi connectivity index (χ3v) is 6.18. The summed E-state index contributed by atoms with van der Waals surface area (Å²) in [7, 11) is 1.57. The number of aromatic nitrogens is 1. The van der Waals surface area contributed by atoms with Crippen molar-refractivity contribution in [2.45, 2.75) is 32.5 Å².